The first-order chi connectivity index (χ1) is 26.8. The van der Waals surface area contributed by atoms with Crippen LogP contribution >= 0.6 is 0 Å². The molecule has 11 rings (SSSR count). The van der Waals surface area contributed by atoms with Gasteiger partial charge in [-0.2, -0.15) is 0 Å². The Hall–Kier alpha value is -7.16. The third-order valence-corrected chi connectivity index (χ3v) is 11.0. The summed E-state index contributed by atoms with van der Waals surface area (Å²) in [6.45, 7) is 0. The molecule has 0 saturated heterocycles. The minimum Gasteiger partial charge on any atom is -0.456 e. The Bertz CT molecular complexity index is 3230. The predicted molar refractivity (Wildman–Crippen MR) is 229 cm³/mol. The van der Waals surface area contributed by atoms with E-state index in [1.54, 1.807) is 0 Å². The Kier molecular flexibility index (Phi) is 6.90. The van der Waals surface area contributed by atoms with Gasteiger partial charge in [0.05, 0.1) is 0 Å². The van der Waals surface area contributed by atoms with Crippen molar-refractivity contribution >= 4 is 82.1 Å². The summed E-state index contributed by atoms with van der Waals surface area (Å²) < 4.78 is 6.37. The van der Waals surface area contributed by atoms with Crippen molar-refractivity contribution in [2.24, 2.45) is 0 Å². The molecule has 0 aliphatic carbocycles. The molecule has 1 heterocycles. The number of hydrogen-bond acceptors (Lipinski definition) is 2. The van der Waals surface area contributed by atoms with E-state index >= 15 is 0 Å². The average Bonchev–Trinajstić information content (AvgIpc) is 3.63. The Morgan fingerprint density at radius 3 is 1.67 bits per heavy atom. The van der Waals surface area contributed by atoms with Crippen molar-refractivity contribution in [1.82, 2.24) is 0 Å². The van der Waals surface area contributed by atoms with Gasteiger partial charge in [-0.25, -0.2) is 0 Å². The second kappa shape index (κ2) is 12.2. The summed E-state index contributed by atoms with van der Waals surface area (Å²) in [5.41, 5.74) is 9.88. The summed E-state index contributed by atoms with van der Waals surface area (Å²) in [6.07, 6.45) is 0. The molecule has 0 atom stereocenters. The minimum atomic E-state index is 0.917. The molecule has 0 aliphatic rings. The van der Waals surface area contributed by atoms with E-state index < -0.39 is 0 Å². The normalized spacial score (nSPS) is 11.7. The second-order valence-electron chi connectivity index (χ2n) is 14.1. The maximum atomic E-state index is 6.37. The molecular formula is C52H33NO. The van der Waals surface area contributed by atoms with Crippen LogP contribution in [0.3, 0.4) is 0 Å². The number of furan rings is 1. The largest absolute Gasteiger partial charge is 0.456 e. The maximum Gasteiger partial charge on any atom is 0.136 e. The molecule has 0 spiro atoms. The van der Waals surface area contributed by atoms with Gasteiger partial charge in [0.2, 0.25) is 0 Å². The molecule has 54 heavy (non-hydrogen) atoms. The van der Waals surface area contributed by atoms with Gasteiger partial charge >= 0.3 is 0 Å². The minimum absolute atomic E-state index is 0.917. The van der Waals surface area contributed by atoms with Crippen LogP contribution in [-0.2, 0) is 0 Å². The van der Waals surface area contributed by atoms with Crippen LogP contribution in [0.5, 0.6) is 0 Å². The SMILES string of the molecule is c1ccc(-c2cccc(N(c3cccc(-c4ccc5c6ccccc6c6c(ccc7oc8ccccc8c76)c5c4)c3)c3ccc4ccccc4c3)c2)cc1. The van der Waals surface area contributed by atoms with Crippen LogP contribution in [0, 0.1) is 0 Å². The van der Waals surface area contributed by atoms with Gasteiger partial charge in [-0.05, 0) is 121 Å². The molecule has 0 saturated carbocycles. The zero-order chi connectivity index (χ0) is 35.6. The molecule has 0 amide bonds. The van der Waals surface area contributed by atoms with Crippen molar-refractivity contribution in [3.8, 4) is 22.3 Å². The van der Waals surface area contributed by atoms with Crippen LogP contribution in [0.1, 0.15) is 0 Å². The van der Waals surface area contributed by atoms with Crippen molar-refractivity contribution in [2.75, 3.05) is 4.90 Å². The number of anilines is 3. The fraction of sp³-hybridized carbons (Fsp3) is 0. The molecule has 2 nitrogen and oxygen atoms in total. The first kappa shape index (κ1) is 30.5. The van der Waals surface area contributed by atoms with Gasteiger partial charge in [0.25, 0.3) is 0 Å². The zero-order valence-electron chi connectivity index (χ0n) is 29.4. The van der Waals surface area contributed by atoms with Crippen molar-refractivity contribution in [3.05, 3.63) is 200 Å². The molecule has 0 bridgehead atoms. The second-order valence-corrected chi connectivity index (χ2v) is 14.1. The average molecular weight is 688 g/mol. The number of fused-ring (bicyclic) bond motifs is 11. The lowest BCUT2D eigenvalue weighted by atomic mass is 9.90. The highest BCUT2D eigenvalue weighted by atomic mass is 16.3. The number of benzene rings is 10. The van der Waals surface area contributed by atoms with Crippen molar-refractivity contribution in [2.45, 2.75) is 0 Å². The molecule has 1 aromatic heterocycles. The van der Waals surface area contributed by atoms with Crippen molar-refractivity contribution in [3.63, 3.8) is 0 Å². The van der Waals surface area contributed by atoms with Gasteiger partial charge in [0, 0.05) is 33.2 Å². The van der Waals surface area contributed by atoms with E-state index in [1.165, 1.54) is 65.2 Å². The predicted octanol–water partition coefficient (Wildman–Crippen LogP) is 15.0. The highest BCUT2D eigenvalue weighted by Gasteiger charge is 2.18. The fourth-order valence-corrected chi connectivity index (χ4v) is 8.48. The van der Waals surface area contributed by atoms with E-state index in [1.807, 2.05) is 6.07 Å². The molecule has 11 aromatic rings. The lowest BCUT2D eigenvalue weighted by molar-refractivity contribution is 0.669. The summed E-state index contributed by atoms with van der Waals surface area (Å²) >= 11 is 0. The number of nitrogens with zero attached hydrogens (tertiary/aromatic N) is 1. The van der Waals surface area contributed by atoms with E-state index in [4.69, 9.17) is 4.42 Å². The van der Waals surface area contributed by atoms with Gasteiger partial charge in [-0.1, -0.05) is 140 Å². The van der Waals surface area contributed by atoms with E-state index in [0.717, 1.165) is 39.2 Å². The van der Waals surface area contributed by atoms with Crippen molar-refractivity contribution in [1.29, 1.82) is 0 Å². The quantitative estimate of drug-likeness (QED) is 0.168. The third-order valence-electron chi connectivity index (χ3n) is 11.0. The van der Waals surface area contributed by atoms with Crippen LogP contribution < -0.4 is 4.90 Å². The summed E-state index contributed by atoms with van der Waals surface area (Å²) in [4.78, 5) is 2.38. The van der Waals surface area contributed by atoms with Crippen LogP contribution in [-0.4, -0.2) is 0 Å². The lowest BCUT2D eigenvalue weighted by Crippen LogP contribution is -2.10. The van der Waals surface area contributed by atoms with Crippen LogP contribution in [0.2, 0.25) is 0 Å². The molecule has 252 valence electrons. The molecule has 10 aromatic carbocycles. The number of rotatable bonds is 5. The van der Waals surface area contributed by atoms with E-state index in [9.17, 15) is 0 Å². The number of para-hydroxylation sites is 1. The Labute approximate surface area is 312 Å². The van der Waals surface area contributed by atoms with E-state index in [-0.39, 0.29) is 0 Å². The molecule has 0 N–H and O–H groups in total. The fourth-order valence-electron chi connectivity index (χ4n) is 8.48. The highest BCUT2D eigenvalue weighted by molar-refractivity contribution is 6.34. The highest BCUT2D eigenvalue weighted by Crippen LogP contribution is 2.44. The molecule has 2 heteroatoms. The summed E-state index contributed by atoms with van der Waals surface area (Å²) in [7, 11) is 0. The standard InChI is InChI=1S/C52H33NO/c1-2-12-34(13-3-1)37-16-10-18-40(30-37)53(42-26-24-35-14-4-5-15-36(35)31-42)41-19-11-17-38(32-41)39-25-27-44-43-20-6-7-21-45(43)51-46(48(44)33-39)28-29-50-52(51)47-22-8-9-23-49(47)54-50/h1-33H. The topological polar surface area (TPSA) is 16.4 Å². The summed E-state index contributed by atoms with van der Waals surface area (Å²) in [5, 5.41) is 12.2. The molecule has 0 fully saturated rings. The van der Waals surface area contributed by atoms with Crippen LogP contribution in [0.25, 0.3) is 87.3 Å². The van der Waals surface area contributed by atoms with E-state index in [0.29, 0.717) is 0 Å². The van der Waals surface area contributed by atoms with Crippen LogP contribution in [0.15, 0.2) is 205 Å². The van der Waals surface area contributed by atoms with Gasteiger partial charge in [-0.15, -0.1) is 0 Å². The molecular weight excluding hydrogens is 655 g/mol. The summed E-state index contributed by atoms with van der Waals surface area (Å²) in [6, 6.07) is 72.3. The molecule has 0 radical (unpaired) electrons. The first-order valence-electron chi connectivity index (χ1n) is 18.5. The first-order valence-corrected chi connectivity index (χ1v) is 18.5. The molecule has 0 unspecified atom stereocenters. The monoisotopic (exact) mass is 687 g/mol. The van der Waals surface area contributed by atoms with Gasteiger partial charge in [-0.3, -0.25) is 0 Å². The van der Waals surface area contributed by atoms with E-state index in [2.05, 4.69) is 199 Å². The van der Waals surface area contributed by atoms with Gasteiger partial charge in [0.15, 0.2) is 0 Å². The molecule has 0 aliphatic heterocycles. The zero-order valence-corrected chi connectivity index (χ0v) is 29.4. The smallest absolute Gasteiger partial charge is 0.136 e. The van der Waals surface area contributed by atoms with Gasteiger partial charge < -0.3 is 9.32 Å². The van der Waals surface area contributed by atoms with Crippen molar-refractivity contribution < 1.29 is 4.42 Å². The Balaban J connectivity index is 1.11. The lowest BCUT2D eigenvalue weighted by Gasteiger charge is -2.27. The summed E-state index contributed by atoms with van der Waals surface area (Å²) in [5.74, 6) is 0. The third kappa shape index (κ3) is 4.88. The Morgan fingerprint density at radius 2 is 0.852 bits per heavy atom. The maximum absolute atomic E-state index is 6.37. The van der Waals surface area contributed by atoms with Crippen LogP contribution in [0.4, 0.5) is 17.1 Å². The number of hydrogen-bond donors (Lipinski definition) is 0. The Morgan fingerprint density at radius 1 is 0.278 bits per heavy atom. The van der Waals surface area contributed by atoms with Gasteiger partial charge in [0.1, 0.15) is 11.2 Å².